The molecule has 0 aromatic heterocycles. The number of rotatable bonds is 2. The van der Waals surface area contributed by atoms with Crippen molar-refractivity contribution in [3.05, 3.63) is 29.8 Å². The van der Waals surface area contributed by atoms with Crippen molar-refractivity contribution in [2.45, 2.75) is 57.5 Å². The number of amides is 1. The van der Waals surface area contributed by atoms with Crippen LogP contribution in [0.15, 0.2) is 24.3 Å². The molecule has 1 aromatic carbocycles. The summed E-state index contributed by atoms with van der Waals surface area (Å²) in [4.78, 5) is 28.6. The number of benzene rings is 1. The summed E-state index contributed by atoms with van der Waals surface area (Å²) in [6.45, 7) is 7.20. The summed E-state index contributed by atoms with van der Waals surface area (Å²) in [7, 11) is 1.80. The molecule has 0 radical (unpaired) electrons. The summed E-state index contributed by atoms with van der Waals surface area (Å²) in [6.07, 6.45) is -1.31. The number of esters is 1. The molecule has 1 unspecified atom stereocenters. The highest BCUT2D eigenvalue weighted by atomic mass is 16.6. The SMILES string of the molecule is CCOC(=O)C1C[C@@]2(O)c3ccccc3N(C)[C@H]2N1C(=O)OC(C)(C)C. The van der Waals surface area contributed by atoms with Crippen molar-refractivity contribution >= 4 is 17.7 Å². The number of carbonyl (C=O) groups is 2. The predicted octanol–water partition coefficient (Wildman–Crippen LogP) is 2.22. The highest BCUT2D eigenvalue weighted by Crippen LogP contribution is 2.52. The smallest absolute Gasteiger partial charge is 0.412 e. The molecule has 1 fully saturated rings. The minimum atomic E-state index is -1.36. The van der Waals surface area contributed by atoms with Crippen LogP contribution in [0.3, 0.4) is 0 Å². The van der Waals surface area contributed by atoms with Crippen LogP contribution in [-0.2, 0) is 19.9 Å². The molecule has 7 nitrogen and oxygen atoms in total. The van der Waals surface area contributed by atoms with Crippen molar-refractivity contribution in [1.29, 1.82) is 0 Å². The Morgan fingerprint density at radius 3 is 2.58 bits per heavy atom. The molecule has 7 heteroatoms. The van der Waals surface area contributed by atoms with E-state index in [4.69, 9.17) is 9.47 Å². The van der Waals surface area contributed by atoms with Crippen LogP contribution in [0, 0.1) is 0 Å². The third kappa shape index (κ3) is 2.80. The van der Waals surface area contributed by atoms with E-state index in [1.807, 2.05) is 29.2 Å². The summed E-state index contributed by atoms with van der Waals surface area (Å²) in [5.41, 5.74) is -0.551. The Kier molecular flexibility index (Phi) is 4.38. The van der Waals surface area contributed by atoms with Crippen molar-refractivity contribution in [2.24, 2.45) is 0 Å². The number of para-hydroxylation sites is 1. The van der Waals surface area contributed by atoms with Gasteiger partial charge >= 0.3 is 12.1 Å². The van der Waals surface area contributed by atoms with Crippen molar-refractivity contribution in [2.75, 3.05) is 18.6 Å². The van der Waals surface area contributed by atoms with Crippen molar-refractivity contribution < 1.29 is 24.2 Å². The van der Waals surface area contributed by atoms with Gasteiger partial charge in [-0.1, -0.05) is 18.2 Å². The van der Waals surface area contributed by atoms with Crippen LogP contribution in [0.4, 0.5) is 10.5 Å². The van der Waals surface area contributed by atoms with Crippen molar-refractivity contribution in [1.82, 2.24) is 4.90 Å². The Morgan fingerprint density at radius 1 is 1.31 bits per heavy atom. The number of hydrogen-bond acceptors (Lipinski definition) is 6. The van der Waals surface area contributed by atoms with Gasteiger partial charge in [-0.25, -0.2) is 9.59 Å². The Bertz CT molecular complexity index is 729. The molecule has 2 aliphatic rings. The average molecular weight is 362 g/mol. The van der Waals surface area contributed by atoms with E-state index in [1.54, 1.807) is 34.7 Å². The normalized spacial score (nSPS) is 27.2. The molecule has 3 atom stereocenters. The molecule has 0 bridgehead atoms. The van der Waals surface area contributed by atoms with E-state index in [9.17, 15) is 14.7 Å². The highest BCUT2D eigenvalue weighted by molar-refractivity contribution is 5.85. The van der Waals surface area contributed by atoms with Crippen LogP contribution in [0.1, 0.15) is 39.7 Å². The summed E-state index contributed by atoms with van der Waals surface area (Å²) < 4.78 is 10.7. The maximum Gasteiger partial charge on any atom is 0.412 e. The van der Waals surface area contributed by atoms with Crippen LogP contribution < -0.4 is 4.90 Å². The van der Waals surface area contributed by atoms with Gasteiger partial charge in [0, 0.05) is 24.7 Å². The highest BCUT2D eigenvalue weighted by Gasteiger charge is 2.63. The summed E-state index contributed by atoms with van der Waals surface area (Å²) in [6, 6.07) is 6.52. The third-order valence-corrected chi connectivity index (χ3v) is 4.81. The van der Waals surface area contributed by atoms with Crippen LogP contribution in [-0.4, -0.2) is 53.5 Å². The Hall–Kier alpha value is -2.28. The molecule has 142 valence electrons. The lowest BCUT2D eigenvalue weighted by molar-refractivity contribution is -0.148. The topological polar surface area (TPSA) is 79.3 Å². The third-order valence-electron chi connectivity index (χ3n) is 4.81. The van der Waals surface area contributed by atoms with Crippen molar-refractivity contribution in [3.63, 3.8) is 0 Å². The standard InChI is InChI=1S/C19H26N2O5/c1-6-25-15(22)14-11-19(24)12-9-7-8-10-13(12)20(5)16(19)21(14)17(23)26-18(2,3)4/h7-10,14,16,24H,6,11H2,1-5H3/t14?,16-,19+/m0/s1. The van der Waals surface area contributed by atoms with E-state index in [0.29, 0.717) is 5.56 Å². The fraction of sp³-hybridized carbons (Fsp3) is 0.579. The first kappa shape index (κ1) is 18.5. The molecule has 1 saturated heterocycles. The van der Waals surface area contributed by atoms with Crippen molar-refractivity contribution in [3.8, 4) is 0 Å². The molecule has 2 aliphatic heterocycles. The van der Waals surface area contributed by atoms with E-state index >= 15 is 0 Å². The molecule has 1 aromatic rings. The van der Waals surface area contributed by atoms with Crippen LogP contribution in [0.25, 0.3) is 0 Å². The number of aliphatic hydroxyl groups is 1. The number of hydrogen-bond donors (Lipinski definition) is 1. The molecular formula is C19H26N2O5. The molecule has 26 heavy (non-hydrogen) atoms. The van der Waals surface area contributed by atoms with Gasteiger partial charge in [-0.15, -0.1) is 0 Å². The van der Waals surface area contributed by atoms with E-state index in [0.717, 1.165) is 5.69 Å². The molecular weight excluding hydrogens is 336 g/mol. The van der Waals surface area contributed by atoms with Gasteiger partial charge in [0.1, 0.15) is 23.4 Å². The first-order valence-corrected chi connectivity index (χ1v) is 8.83. The van der Waals surface area contributed by atoms with Crippen LogP contribution in [0.2, 0.25) is 0 Å². The second-order valence-electron chi connectivity index (χ2n) is 7.79. The van der Waals surface area contributed by atoms with Crippen LogP contribution in [0.5, 0.6) is 0 Å². The number of carbonyl (C=O) groups excluding carboxylic acids is 2. The second kappa shape index (κ2) is 6.16. The fourth-order valence-corrected chi connectivity index (χ4v) is 3.91. The summed E-state index contributed by atoms with van der Waals surface area (Å²) in [5.74, 6) is -0.535. The maximum atomic E-state index is 12.9. The molecule has 0 spiro atoms. The van der Waals surface area contributed by atoms with Gasteiger partial charge in [-0.3, -0.25) is 4.90 Å². The minimum absolute atomic E-state index is 0.0666. The minimum Gasteiger partial charge on any atom is -0.464 e. The lowest BCUT2D eigenvalue weighted by atomic mass is 9.91. The zero-order chi connectivity index (χ0) is 19.3. The zero-order valence-electron chi connectivity index (χ0n) is 15.9. The summed E-state index contributed by atoms with van der Waals surface area (Å²) >= 11 is 0. The number of likely N-dealkylation sites (N-methyl/N-ethyl adjacent to an activating group) is 1. The largest absolute Gasteiger partial charge is 0.464 e. The van der Waals surface area contributed by atoms with Gasteiger partial charge in [-0.05, 0) is 33.8 Å². The van der Waals surface area contributed by atoms with E-state index < -0.39 is 35.5 Å². The van der Waals surface area contributed by atoms with E-state index in [2.05, 4.69) is 0 Å². The lowest BCUT2D eigenvalue weighted by Gasteiger charge is -2.36. The molecule has 2 heterocycles. The first-order chi connectivity index (χ1) is 12.1. The molecule has 1 amide bonds. The average Bonchev–Trinajstić information content (AvgIpc) is 2.97. The summed E-state index contributed by atoms with van der Waals surface area (Å²) in [5, 5.41) is 11.5. The number of fused-ring (bicyclic) bond motifs is 3. The monoisotopic (exact) mass is 362 g/mol. The fourth-order valence-electron chi connectivity index (χ4n) is 3.91. The van der Waals surface area contributed by atoms with E-state index in [1.165, 1.54) is 4.90 Å². The maximum absolute atomic E-state index is 12.9. The van der Waals surface area contributed by atoms with Gasteiger partial charge in [0.15, 0.2) is 0 Å². The van der Waals surface area contributed by atoms with Gasteiger partial charge < -0.3 is 19.5 Å². The molecule has 3 rings (SSSR count). The lowest BCUT2D eigenvalue weighted by Crippen LogP contribution is -2.54. The van der Waals surface area contributed by atoms with Crippen LogP contribution >= 0.6 is 0 Å². The number of anilines is 1. The van der Waals surface area contributed by atoms with E-state index in [-0.39, 0.29) is 13.0 Å². The molecule has 1 N–H and O–H groups in total. The number of ether oxygens (including phenoxy) is 2. The van der Waals surface area contributed by atoms with Gasteiger partial charge in [0.2, 0.25) is 0 Å². The zero-order valence-corrected chi connectivity index (χ0v) is 15.9. The molecule has 0 saturated carbocycles. The molecule has 0 aliphatic carbocycles. The predicted molar refractivity (Wildman–Crippen MR) is 95.6 cm³/mol. The first-order valence-electron chi connectivity index (χ1n) is 8.83. The van der Waals surface area contributed by atoms with Gasteiger partial charge in [0.05, 0.1) is 6.61 Å². The Morgan fingerprint density at radius 2 is 1.96 bits per heavy atom. The quantitative estimate of drug-likeness (QED) is 0.813. The van der Waals surface area contributed by atoms with Gasteiger partial charge in [-0.2, -0.15) is 0 Å². The number of nitrogens with zero attached hydrogens (tertiary/aromatic N) is 2. The Labute approximate surface area is 153 Å². The Balaban J connectivity index is 2.04. The van der Waals surface area contributed by atoms with Gasteiger partial charge in [0.25, 0.3) is 0 Å². The number of likely N-dealkylation sites (tertiary alicyclic amines) is 1. The second-order valence-corrected chi connectivity index (χ2v) is 7.79.